The largest absolute Gasteiger partial charge is 0.452 e. The van der Waals surface area contributed by atoms with Gasteiger partial charge in [-0.1, -0.05) is 39.0 Å². The molecule has 152 valence electrons. The molecule has 0 aliphatic carbocycles. The topological polar surface area (TPSA) is 75.7 Å². The molecule has 2 aromatic rings. The van der Waals surface area contributed by atoms with Gasteiger partial charge in [0.25, 0.3) is 5.91 Å². The van der Waals surface area contributed by atoms with Gasteiger partial charge in [0.2, 0.25) is 5.91 Å². The van der Waals surface area contributed by atoms with E-state index in [1.807, 2.05) is 24.3 Å². The number of rotatable bonds is 5. The van der Waals surface area contributed by atoms with Crippen molar-refractivity contribution in [2.75, 3.05) is 23.4 Å². The lowest BCUT2D eigenvalue weighted by Gasteiger charge is -2.19. The van der Waals surface area contributed by atoms with Crippen molar-refractivity contribution >= 4 is 29.2 Å². The first-order chi connectivity index (χ1) is 13.7. The molecule has 0 radical (unpaired) electrons. The summed E-state index contributed by atoms with van der Waals surface area (Å²) in [6, 6.07) is 14.3. The van der Waals surface area contributed by atoms with Crippen molar-refractivity contribution in [1.82, 2.24) is 0 Å². The Hall–Kier alpha value is -3.15. The van der Waals surface area contributed by atoms with Crippen molar-refractivity contribution in [2.24, 2.45) is 0 Å². The summed E-state index contributed by atoms with van der Waals surface area (Å²) < 4.78 is 5.13. The molecule has 1 heterocycles. The number of esters is 1. The van der Waals surface area contributed by atoms with Gasteiger partial charge in [0.1, 0.15) is 0 Å². The van der Waals surface area contributed by atoms with Crippen molar-refractivity contribution in [3.63, 3.8) is 0 Å². The number of amides is 2. The first-order valence-corrected chi connectivity index (χ1v) is 9.72. The van der Waals surface area contributed by atoms with Crippen LogP contribution in [0.3, 0.4) is 0 Å². The molecule has 2 amide bonds. The minimum atomic E-state index is -0.600. The summed E-state index contributed by atoms with van der Waals surface area (Å²) in [5, 5.41) is 2.72. The van der Waals surface area contributed by atoms with E-state index in [-0.39, 0.29) is 17.9 Å². The second-order valence-electron chi connectivity index (χ2n) is 8.15. The van der Waals surface area contributed by atoms with Gasteiger partial charge in [0.05, 0.1) is 5.56 Å². The van der Waals surface area contributed by atoms with Crippen LogP contribution in [0.2, 0.25) is 0 Å². The third-order valence-electron chi connectivity index (χ3n) is 4.84. The van der Waals surface area contributed by atoms with Gasteiger partial charge >= 0.3 is 5.97 Å². The molecule has 0 bridgehead atoms. The normalized spacial score (nSPS) is 14.0. The molecule has 0 saturated carbocycles. The minimum absolute atomic E-state index is 0.0340. The molecule has 0 aromatic heterocycles. The summed E-state index contributed by atoms with van der Waals surface area (Å²) >= 11 is 0. The number of nitrogens with one attached hydrogen (secondary N) is 1. The monoisotopic (exact) mass is 394 g/mol. The Morgan fingerprint density at radius 3 is 2.45 bits per heavy atom. The van der Waals surface area contributed by atoms with Crippen molar-refractivity contribution in [2.45, 2.75) is 39.0 Å². The lowest BCUT2D eigenvalue weighted by atomic mass is 9.87. The Bertz CT molecular complexity index is 913. The van der Waals surface area contributed by atoms with Gasteiger partial charge in [0, 0.05) is 24.3 Å². The highest BCUT2D eigenvalue weighted by Crippen LogP contribution is 2.24. The van der Waals surface area contributed by atoms with Crippen LogP contribution in [0.25, 0.3) is 0 Å². The maximum absolute atomic E-state index is 12.3. The van der Waals surface area contributed by atoms with Crippen molar-refractivity contribution in [1.29, 1.82) is 0 Å². The van der Waals surface area contributed by atoms with Crippen molar-refractivity contribution < 1.29 is 19.1 Å². The van der Waals surface area contributed by atoms with Crippen LogP contribution in [0.15, 0.2) is 48.5 Å². The first kappa shape index (κ1) is 20.6. The Balaban J connectivity index is 1.55. The Morgan fingerprint density at radius 2 is 1.83 bits per heavy atom. The van der Waals surface area contributed by atoms with E-state index in [4.69, 9.17) is 4.74 Å². The Morgan fingerprint density at radius 1 is 1.10 bits per heavy atom. The van der Waals surface area contributed by atoms with Gasteiger partial charge in [-0.15, -0.1) is 0 Å². The second-order valence-corrected chi connectivity index (χ2v) is 8.15. The molecule has 1 aliphatic rings. The van der Waals surface area contributed by atoms with E-state index in [0.717, 1.165) is 6.42 Å². The van der Waals surface area contributed by atoms with Gasteiger partial charge in [-0.05, 0) is 47.7 Å². The fraction of sp³-hybridized carbons (Fsp3) is 0.348. The standard InChI is InChI=1S/C23H26N2O4/c1-23(2,3)17-9-11-18(12-10-17)24-20(26)15-29-22(28)16-6-4-7-19(14-16)25-13-5-8-21(25)27/h4,6-7,9-12,14H,5,8,13,15H2,1-3H3,(H,24,26). The zero-order valence-electron chi connectivity index (χ0n) is 17.0. The number of hydrogen-bond acceptors (Lipinski definition) is 4. The third kappa shape index (κ3) is 5.22. The molecule has 1 fully saturated rings. The van der Waals surface area contributed by atoms with E-state index in [9.17, 15) is 14.4 Å². The summed E-state index contributed by atoms with van der Waals surface area (Å²) in [5.74, 6) is -0.961. The molecular weight excluding hydrogens is 368 g/mol. The number of benzene rings is 2. The minimum Gasteiger partial charge on any atom is -0.452 e. The number of carbonyl (C=O) groups excluding carboxylic acids is 3. The summed E-state index contributed by atoms with van der Waals surface area (Å²) in [6.45, 7) is 6.62. The molecule has 0 unspecified atom stereocenters. The van der Waals surface area contributed by atoms with E-state index in [0.29, 0.717) is 29.9 Å². The zero-order chi connectivity index (χ0) is 21.0. The number of hydrogen-bond donors (Lipinski definition) is 1. The number of nitrogens with zero attached hydrogens (tertiary/aromatic N) is 1. The molecule has 1 saturated heterocycles. The molecule has 1 N–H and O–H groups in total. The number of anilines is 2. The molecule has 3 rings (SSSR count). The van der Waals surface area contributed by atoms with E-state index < -0.39 is 11.9 Å². The van der Waals surface area contributed by atoms with Crippen LogP contribution in [0, 0.1) is 0 Å². The Labute approximate surface area is 170 Å². The fourth-order valence-corrected chi connectivity index (χ4v) is 3.19. The third-order valence-corrected chi connectivity index (χ3v) is 4.84. The number of ether oxygens (including phenoxy) is 1. The smallest absolute Gasteiger partial charge is 0.338 e. The van der Waals surface area contributed by atoms with Crippen molar-refractivity contribution in [3.05, 3.63) is 59.7 Å². The zero-order valence-corrected chi connectivity index (χ0v) is 17.0. The van der Waals surface area contributed by atoms with Gasteiger partial charge in [0.15, 0.2) is 6.61 Å². The average Bonchev–Trinajstić information content (AvgIpc) is 3.12. The van der Waals surface area contributed by atoms with Crippen LogP contribution in [0.1, 0.15) is 49.5 Å². The van der Waals surface area contributed by atoms with Crippen LogP contribution >= 0.6 is 0 Å². The lowest BCUT2D eigenvalue weighted by molar-refractivity contribution is -0.119. The predicted octanol–water partition coefficient (Wildman–Crippen LogP) is 3.91. The van der Waals surface area contributed by atoms with Gasteiger partial charge in [-0.2, -0.15) is 0 Å². The van der Waals surface area contributed by atoms with Crippen LogP contribution in [-0.2, 0) is 19.7 Å². The van der Waals surface area contributed by atoms with E-state index in [2.05, 4.69) is 26.1 Å². The van der Waals surface area contributed by atoms with Crippen LogP contribution in [0.4, 0.5) is 11.4 Å². The van der Waals surface area contributed by atoms with Gasteiger partial charge in [-0.25, -0.2) is 4.79 Å². The molecule has 6 nitrogen and oxygen atoms in total. The van der Waals surface area contributed by atoms with Crippen LogP contribution in [-0.4, -0.2) is 30.9 Å². The SMILES string of the molecule is CC(C)(C)c1ccc(NC(=O)COC(=O)c2cccc(N3CCCC3=O)c2)cc1. The van der Waals surface area contributed by atoms with Gasteiger partial charge in [-0.3, -0.25) is 9.59 Å². The lowest BCUT2D eigenvalue weighted by Crippen LogP contribution is -2.24. The van der Waals surface area contributed by atoms with E-state index in [1.54, 1.807) is 29.2 Å². The average molecular weight is 394 g/mol. The number of carbonyl (C=O) groups is 3. The fourth-order valence-electron chi connectivity index (χ4n) is 3.19. The Kier molecular flexibility index (Phi) is 6.01. The van der Waals surface area contributed by atoms with Gasteiger partial charge < -0.3 is 15.0 Å². The highest BCUT2D eigenvalue weighted by Gasteiger charge is 2.22. The summed E-state index contributed by atoms with van der Waals surface area (Å²) in [4.78, 5) is 37.9. The molecule has 0 spiro atoms. The maximum Gasteiger partial charge on any atom is 0.338 e. The molecule has 1 aliphatic heterocycles. The summed E-state index contributed by atoms with van der Waals surface area (Å²) in [6.07, 6.45) is 1.33. The molecule has 2 aromatic carbocycles. The molecule has 6 heteroatoms. The predicted molar refractivity (Wildman–Crippen MR) is 112 cm³/mol. The first-order valence-electron chi connectivity index (χ1n) is 9.72. The van der Waals surface area contributed by atoms with Crippen LogP contribution in [0.5, 0.6) is 0 Å². The summed E-state index contributed by atoms with van der Waals surface area (Å²) in [5.41, 5.74) is 2.83. The van der Waals surface area contributed by atoms with E-state index in [1.165, 1.54) is 5.56 Å². The molecule has 0 atom stereocenters. The highest BCUT2D eigenvalue weighted by atomic mass is 16.5. The van der Waals surface area contributed by atoms with Crippen molar-refractivity contribution in [3.8, 4) is 0 Å². The van der Waals surface area contributed by atoms with Crippen LogP contribution < -0.4 is 10.2 Å². The molecule has 29 heavy (non-hydrogen) atoms. The summed E-state index contributed by atoms with van der Waals surface area (Å²) in [7, 11) is 0. The second kappa shape index (κ2) is 8.47. The van der Waals surface area contributed by atoms with E-state index >= 15 is 0 Å². The molecular formula is C23H26N2O4. The maximum atomic E-state index is 12.3. The quantitative estimate of drug-likeness (QED) is 0.780. The highest BCUT2D eigenvalue weighted by molar-refractivity contribution is 5.98.